The Morgan fingerprint density at radius 2 is 1.75 bits per heavy atom. The van der Waals surface area contributed by atoms with Crippen LogP contribution in [0.2, 0.25) is 0 Å². The van der Waals surface area contributed by atoms with Crippen LogP contribution in [0.15, 0.2) is 48.5 Å². The molecule has 0 unspecified atom stereocenters. The van der Waals surface area contributed by atoms with Crippen molar-refractivity contribution < 1.29 is 4.74 Å². The molecule has 0 amide bonds. The van der Waals surface area contributed by atoms with Crippen LogP contribution < -0.4 is 5.73 Å². The van der Waals surface area contributed by atoms with E-state index in [4.69, 9.17) is 10.5 Å². The predicted octanol–water partition coefficient (Wildman–Crippen LogP) is 5.53. The highest BCUT2D eigenvalue weighted by molar-refractivity contribution is 6.07. The molecule has 2 aromatic heterocycles. The monoisotopic (exact) mass is 428 g/mol. The molecule has 0 bridgehead atoms. The summed E-state index contributed by atoms with van der Waals surface area (Å²) in [6.45, 7) is 6.91. The molecule has 1 fully saturated rings. The molecule has 3 N–H and O–H groups in total. The van der Waals surface area contributed by atoms with Crippen LogP contribution in [0.5, 0.6) is 0 Å². The molecule has 1 aliphatic heterocycles. The molecule has 4 aromatic rings. The van der Waals surface area contributed by atoms with Crippen LogP contribution in [0, 0.1) is 0 Å². The number of rotatable bonds is 7. The number of nitrogens with one attached hydrogen (secondary N) is 1. The van der Waals surface area contributed by atoms with E-state index in [1.807, 2.05) is 0 Å². The minimum Gasteiger partial charge on any atom is -0.383 e. The van der Waals surface area contributed by atoms with E-state index in [0.717, 1.165) is 67.8 Å². The third-order valence-corrected chi connectivity index (χ3v) is 6.54. The fourth-order valence-corrected chi connectivity index (χ4v) is 4.64. The molecule has 32 heavy (non-hydrogen) atoms. The maximum Gasteiger partial charge on any atom is 0.140 e. The fraction of sp³-hybridized carbons (Fsp3) is 0.370. The molecule has 0 aliphatic carbocycles. The molecule has 0 spiro atoms. The van der Waals surface area contributed by atoms with Crippen molar-refractivity contribution in [3.8, 4) is 11.1 Å². The Labute approximate surface area is 189 Å². The maximum absolute atomic E-state index is 6.25. The number of aromatic nitrogens is 2. The van der Waals surface area contributed by atoms with Gasteiger partial charge in [-0.25, -0.2) is 4.98 Å². The first kappa shape index (κ1) is 21.0. The summed E-state index contributed by atoms with van der Waals surface area (Å²) in [5, 5.41) is 2.37. The lowest BCUT2D eigenvalue weighted by Gasteiger charge is -2.26. The van der Waals surface area contributed by atoms with Crippen molar-refractivity contribution >= 4 is 27.8 Å². The molecule has 5 heteroatoms. The first-order valence-electron chi connectivity index (χ1n) is 11.8. The predicted molar refractivity (Wildman–Crippen MR) is 133 cm³/mol. The Morgan fingerprint density at radius 3 is 2.53 bits per heavy atom. The number of nitrogen functional groups attached to an aromatic ring is 1. The number of hydrogen-bond donors (Lipinski definition) is 2. The number of unbranched alkanes of at least 4 members (excludes halogenated alkanes) is 2. The van der Waals surface area contributed by atoms with Crippen molar-refractivity contribution in [1.29, 1.82) is 0 Å². The highest BCUT2D eigenvalue weighted by Gasteiger charge is 2.12. The second-order valence-corrected chi connectivity index (χ2v) is 8.86. The van der Waals surface area contributed by atoms with Crippen LogP contribution in [-0.4, -0.2) is 41.2 Å². The average molecular weight is 429 g/mol. The summed E-state index contributed by atoms with van der Waals surface area (Å²) >= 11 is 0. The Balaban J connectivity index is 1.42. The van der Waals surface area contributed by atoms with Gasteiger partial charge in [0.2, 0.25) is 0 Å². The second kappa shape index (κ2) is 9.31. The molecule has 1 aliphatic rings. The van der Waals surface area contributed by atoms with E-state index < -0.39 is 0 Å². The number of H-pyrrole nitrogens is 1. The standard InChI is InChI=1S/C27H32N4O/c1-2-3-4-5-22-17-24-23-16-21(10-11-25(23)29-27(24)30-26(22)28)20-8-6-19(7-9-20)18-31-12-14-32-15-13-31/h6-11,16-17H,2-5,12-15,18H2,1H3,(H3,28,29,30). The van der Waals surface area contributed by atoms with Gasteiger partial charge >= 0.3 is 0 Å². The molecule has 1 saturated heterocycles. The molecule has 3 heterocycles. The van der Waals surface area contributed by atoms with E-state index in [0.29, 0.717) is 5.82 Å². The van der Waals surface area contributed by atoms with Crippen molar-refractivity contribution in [2.75, 3.05) is 32.0 Å². The number of benzene rings is 2. The van der Waals surface area contributed by atoms with Crippen LogP contribution in [0.3, 0.4) is 0 Å². The first-order valence-corrected chi connectivity index (χ1v) is 11.8. The average Bonchev–Trinajstić information content (AvgIpc) is 3.17. The van der Waals surface area contributed by atoms with Crippen molar-refractivity contribution in [1.82, 2.24) is 14.9 Å². The van der Waals surface area contributed by atoms with Gasteiger partial charge in [0.05, 0.1) is 13.2 Å². The van der Waals surface area contributed by atoms with Gasteiger partial charge in [0.15, 0.2) is 0 Å². The number of ether oxygens (including phenoxy) is 1. The number of nitrogens with two attached hydrogens (primary N) is 1. The van der Waals surface area contributed by atoms with Gasteiger partial charge in [0.25, 0.3) is 0 Å². The summed E-state index contributed by atoms with van der Waals surface area (Å²) in [6, 6.07) is 17.8. The van der Waals surface area contributed by atoms with Crippen LogP contribution in [0.25, 0.3) is 33.1 Å². The number of anilines is 1. The molecular weight excluding hydrogens is 396 g/mol. The minimum atomic E-state index is 0.649. The summed E-state index contributed by atoms with van der Waals surface area (Å²) in [5.41, 5.74) is 13.2. The molecule has 2 aromatic carbocycles. The summed E-state index contributed by atoms with van der Waals surface area (Å²) in [6.07, 6.45) is 4.56. The number of fused-ring (bicyclic) bond motifs is 3. The van der Waals surface area contributed by atoms with E-state index >= 15 is 0 Å². The summed E-state index contributed by atoms with van der Waals surface area (Å²) in [5.74, 6) is 0.649. The minimum absolute atomic E-state index is 0.649. The fourth-order valence-electron chi connectivity index (χ4n) is 4.64. The van der Waals surface area contributed by atoms with Gasteiger partial charge in [-0.2, -0.15) is 0 Å². The number of pyridine rings is 1. The van der Waals surface area contributed by atoms with E-state index in [9.17, 15) is 0 Å². The normalized spacial score (nSPS) is 15.0. The Hall–Kier alpha value is -2.89. The number of morpholine rings is 1. The van der Waals surface area contributed by atoms with Gasteiger partial charge < -0.3 is 15.5 Å². The van der Waals surface area contributed by atoms with Gasteiger partial charge in [0.1, 0.15) is 11.5 Å². The Morgan fingerprint density at radius 1 is 0.969 bits per heavy atom. The third kappa shape index (κ3) is 4.36. The van der Waals surface area contributed by atoms with Gasteiger partial charge in [-0.3, -0.25) is 4.90 Å². The largest absolute Gasteiger partial charge is 0.383 e. The van der Waals surface area contributed by atoms with Crippen molar-refractivity contribution in [3.05, 3.63) is 59.7 Å². The van der Waals surface area contributed by atoms with E-state index in [1.54, 1.807) is 0 Å². The van der Waals surface area contributed by atoms with Crippen molar-refractivity contribution in [2.45, 2.75) is 39.2 Å². The second-order valence-electron chi connectivity index (χ2n) is 8.86. The van der Waals surface area contributed by atoms with Gasteiger partial charge in [0, 0.05) is 35.9 Å². The molecule has 0 saturated carbocycles. The number of hydrogen-bond acceptors (Lipinski definition) is 4. The number of aromatic amines is 1. The molecular formula is C27H32N4O. The third-order valence-electron chi connectivity index (χ3n) is 6.54. The quantitative estimate of drug-likeness (QED) is 0.380. The molecule has 166 valence electrons. The zero-order valence-corrected chi connectivity index (χ0v) is 18.9. The van der Waals surface area contributed by atoms with Gasteiger partial charge in [-0.1, -0.05) is 50.1 Å². The van der Waals surface area contributed by atoms with Crippen molar-refractivity contribution in [3.63, 3.8) is 0 Å². The number of aryl methyl sites for hydroxylation is 1. The van der Waals surface area contributed by atoms with E-state index in [1.165, 1.54) is 34.9 Å². The van der Waals surface area contributed by atoms with Crippen LogP contribution in [-0.2, 0) is 17.7 Å². The van der Waals surface area contributed by atoms with Crippen LogP contribution in [0.4, 0.5) is 5.82 Å². The summed E-state index contributed by atoms with van der Waals surface area (Å²) in [7, 11) is 0. The zero-order chi connectivity index (χ0) is 21.9. The summed E-state index contributed by atoms with van der Waals surface area (Å²) < 4.78 is 5.46. The molecule has 0 atom stereocenters. The van der Waals surface area contributed by atoms with Gasteiger partial charge in [-0.15, -0.1) is 0 Å². The van der Waals surface area contributed by atoms with Crippen molar-refractivity contribution in [2.24, 2.45) is 0 Å². The molecule has 5 nitrogen and oxygen atoms in total. The Kier molecular flexibility index (Phi) is 6.10. The van der Waals surface area contributed by atoms with Crippen LogP contribution in [0.1, 0.15) is 37.3 Å². The lowest BCUT2D eigenvalue weighted by atomic mass is 10.0. The first-order chi connectivity index (χ1) is 15.7. The molecule has 0 radical (unpaired) electrons. The topological polar surface area (TPSA) is 67.2 Å². The van der Waals surface area contributed by atoms with Crippen LogP contribution >= 0.6 is 0 Å². The zero-order valence-electron chi connectivity index (χ0n) is 18.9. The Bertz CT molecular complexity index is 1210. The molecule has 5 rings (SSSR count). The van der Waals surface area contributed by atoms with Gasteiger partial charge in [-0.05, 0) is 53.3 Å². The lowest BCUT2D eigenvalue weighted by Crippen LogP contribution is -2.35. The van der Waals surface area contributed by atoms with E-state index in [-0.39, 0.29) is 0 Å². The highest BCUT2D eigenvalue weighted by Crippen LogP contribution is 2.31. The summed E-state index contributed by atoms with van der Waals surface area (Å²) in [4.78, 5) is 10.6. The highest BCUT2D eigenvalue weighted by atomic mass is 16.5. The smallest absolute Gasteiger partial charge is 0.140 e. The SMILES string of the molecule is CCCCCc1cc2c(nc1N)[nH]c1ccc(-c3ccc(CN4CCOCC4)cc3)cc12. The van der Waals surface area contributed by atoms with E-state index in [2.05, 4.69) is 70.3 Å². The lowest BCUT2D eigenvalue weighted by molar-refractivity contribution is 0.0342. The maximum atomic E-state index is 6.25. The number of nitrogens with zero attached hydrogens (tertiary/aromatic N) is 2.